The number of carbonyl (C=O) groups is 6. The van der Waals surface area contributed by atoms with Crippen LogP contribution >= 0.6 is 0 Å². The largest absolute Gasteiger partial charge is 0.462 e. The SMILES string of the molecule is CO[C@H]1/C=C/O[C@@]2(C)Oc3c(C)c(OC(=O)c4ccco4)c4c(c3C2=O)C(=O)C=C(NC(=O)/C(C)=C\C=C\[C@H](C)[C@H](O)[C@@H](C)[C@H](O)[C@H](C)[C@H](OC(C)=O)[C@@H]1C)C4=O. The number of fused-ring (bicyclic) bond motifs is 14. The number of benzene rings is 1. The summed E-state index contributed by atoms with van der Waals surface area (Å²) < 4.78 is 34.3. The summed E-state index contributed by atoms with van der Waals surface area (Å²) in [4.78, 5) is 81.3. The van der Waals surface area contributed by atoms with Crippen molar-refractivity contribution in [2.24, 2.45) is 23.7 Å². The van der Waals surface area contributed by atoms with Crippen molar-refractivity contribution in [1.82, 2.24) is 5.32 Å². The molecule has 2 aromatic rings. The summed E-state index contributed by atoms with van der Waals surface area (Å²) in [6, 6.07) is 2.77. The number of ether oxygens (including phenoxy) is 5. The number of esters is 2. The van der Waals surface area contributed by atoms with E-state index in [0.29, 0.717) is 0 Å². The van der Waals surface area contributed by atoms with Gasteiger partial charge in [-0.3, -0.25) is 24.0 Å². The van der Waals surface area contributed by atoms with Crippen LogP contribution in [0.5, 0.6) is 11.5 Å². The molecule has 6 rings (SSSR count). The van der Waals surface area contributed by atoms with Crippen LogP contribution in [0, 0.1) is 30.6 Å². The highest BCUT2D eigenvalue weighted by Gasteiger charge is 2.52. The first-order chi connectivity index (χ1) is 26.8. The lowest BCUT2D eigenvalue weighted by Crippen LogP contribution is -2.46. The molecule has 5 bridgehead atoms. The zero-order valence-corrected chi connectivity index (χ0v) is 33.1. The van der Waals surface area contributed by atoms with Crippen LogP contribution in [0.3, 0.4) is 0 Å². The number of hydrogen-bond donors (Lipinski definition) is 3. The van der Waals surface area contributed by atoms with Crippen molar-refractivity contribution in [2.75, 3.05) is 7.11 Å². The number of furan rings is 1. The number of Topliss-reactive ketones (excluding diaryl/α,β-unsaturated/α-hetero) is 2. The number of nitrogens with one attached hydrogen (secondary N) is 1. The number of carbonyl (C=O) groups excluding carboxylic acids is 6. The van der Waals surface area contributed by atoms with Crippen molar-refractivity contribution in [1.29, 1.82) is 0 Å². The monoisotopic (exact) mass is 789 g/mol. The number of hydrogen-bond acceptors (Lipinski definition) is 14. The Morgan fingerprint density at radius 2 is 1.63 bits per heavy atom. The van der Waals surface area contributed by atoms with Crippen molar-refractivity contribution >= 4 is 35.2 Å². The maximum atomic E-state index is 14.2. The van der Waals surface area contributed by atoms with Gasteiger partial charge < -0.3 is 43.6 Å². The van der Waals surface area contributed by atoms with Crippen molar-refractivity contribution in [3.8, 4) is 11.5 Å². The van der Waals surface area contributed by atoms with E-state index in [9.17, 15) is 39.0 Å². The van der Waals surface area contributed by atoms with E-state index in [2.05, 4.69) is 5.32 Å². The number of methoxy groups -OCH3 is 1. The number of aliphatic hydroxyl groups excluding tert-OH is 2. The van der Waals surface area contributed by atoms with Crippen molar-refractivity contribution in [3.05, 3.63) is 94.3 Å². The molecule has 0 fully saturated rings. The molecule has 3 aliphatic heterocycles. The summed E-state index contributed by atoms with van der Waals surface area (Å²) in [6.45, 7) is 12.2. The van der Waals surface area contributed by atoms with Gasteiger partial charge in [0, 0.05) is 61.8 Å². The van der Waals surface area contributed by atoms with Crippen molar-refractivity contribution in [3.63, 3.8) is 0 Å². The fourth-order valence-electron chi connectivity index (χ4n) is 7.27. The van der Waals surface area contributed by atoms with E-state index in [1.807, 2.05) is 0 Å². The van der Waals surface area contributed by atoms with Gasteiger partial charge in [-0.2, -0.15) is 0 Å². The number of aliphatic hydroxyl groups is 2. The Morgan fingerprint density at radius 3 is 2.26 bits per heavy atom. The van der Waals surface area contributed by atoms with E-state index in [1.54, 1.807) is 33.8 Å². The van der Waals surface area contributed by atoms with Gasteiger partial charge in [0.05, 0.1) is 53.2 Å². The van der Waals surface area contributed by atoms with E-state index >= 15 is 0 Å². The number of ketones is 3. The average Bonchev–Trinajstić information content (AvgIpc) is 3.80. The molecule has 1 aromatic heterocycles. The maximum Gasteiger partial charge on any atom is 0.379 e. The normalized spacial score (nSPS) is 31.6. The second-order valence-electron chi connectivity index (χ2n) is 14.7. The van der Waals surface area contributed by atoms with Crippen LogP contribution in [-0.2, 0) is 23.8 Å². The molecule has 0 saturated heterocycles. The molecule has 4 aliphatic rings. The van der Waals surface area contributed by atoms with Crippen LogP contribution in [0.2, 0.25) is 0 Å². The van der Waals surface area contributed by atoms with Gasteiger partial charge in [-0.1, -0.05) is 45.9 Å². The van der Waals surface area contributed by atoms with Gasteiger partial charge in [-0.05, 0) is 32.1 Å². The van der Waals surface area contributed by atoms with Gasteiger partial charge in [0.25, 0.3) is 11.7 Å². The lowest BCUT2D eigenvalue weighted by molar-refractivity contribution is -0.160. The summed E-state index contributed by atoms with van der Waals surface area (Å²) >= 11 is 0. The minimum Gasteiger partial charge on any atom is -0.462 e. The first-order valence-corrected chi connectivity index (χ1v) is 18.4. The highest BCUT2D eigenvalue weighted by Crippen LogP contribution is 2.48. The zero-order chi connectivity index (χ0) is 42.1. The topological polar surface area (TPSA) is 214 Å². The van der Waals surface area contributed by atoms with Gasteiger partial charge in [0.1, 0.15) is 17.6 Å². The molecular weight excluding hydrogens is 742 g/mol. The summed E-state index contributed by atoms with van der Waals surface area (Å²) in [7, 11) is 1.41. The minimum atomic E-state index is -2.12. The predicted octanol–water partition coefficient (Wildman–Crippen LogP) is 4.74. The first-order valence-electron chi connectivity index (χ1n) is 18.4. The predicted molar refractivity (Wildman–Crippen MR) is 201 cm³/mol. The molecule has 0 radical (unpaired) electrons. The summed E-state index contributed by atoms with van der Waals surface area (Å²) in [5, 5.41) is 25.2. The molecule has 1 aromatic carbocycles. The Balaban J connectivity index is 1.65. The standard InChI is InChI=1S/C42H47NO14/c1-19-12-10-13-20(2)40(50)43-26-18-27(45)30-31(35(26)48)37(56-41(51)29-14-11-16-53-29)24(6)38-32(30)39(49)42(8,57-38)54-17-15-28(52-9)21(3)36(55-25(7)44)23(5)34(47)22(4)33(19)46/h10-19,21-23,28,33-34,36,46-47H,1-9H3,(H,43,50)/b12-10+,17-15+,20-13-/t19-,21+,22+,23-,28-,33-,34-,36+,42-/m0/s1. The molecule has 57 heavy (non-hydrogen) atoms. The molecule has 1 aliphatic carbocycles. The van der Waals surface area contributed by atoms with Crippen LogP contribution in [0.15, 0.2) is 70.7 Å². The van der Waals surface area contributed by atoms with Gasteiger partial charge in [0.15, 0.2) is 5.78 Å². The Hall–Kier alpha value is -5.64. The summed E-state index contributed by atoms with van der Waals surface area (Å²) in [5.74, 6) is -10.5. The lowest BCUT2D eigenvalue weighted by Gasteiger charge is -2.38. The molecule has 1 amide bonds. The Labute approximate surface area is 329 Å². The number of amides is 1. The quantitative estimate of drug-likeness (QED) is 0.282. The third-order valence-electron chi connectivity index (χ3n) is 10.7. The second-order valence-corrected chi connectivity index (χ2v) is 14.7. The van der Waals surface area contributed by atoms with Crippen molar-refractivity contribution < 1.29 is 67.1 Å². The fraction of sp³-hybridized carbons (Fsp3) is 0.429. The third kappa shape index (κ3) is 8.27. The van der Waals surface area contributed by atoms with Crippen LogP contribution in [-0.4, -0.2) is 82.7 Å². The summed E-state index contributed by atoms with van der Waals surface area (Å²) in [5.41, 5.74) is -1.51. The van der Waals surface area contributed by atoms with E-state index in [1.165, 1.54) is 71.4 Å². The second kappa shape index (κ2) is 16.8. The van der Waals surface area contributed by atoms with Crippen LogP contribution < -0.4 is 14.8 Å². The Bertz CT molecular complexity index is 2090. The molecular formula is C42H47NO14. The molecule has 15 nitrogen and oxygen atoms in total. The lowest BCUT2D eigenvalue weighted by atomic mass is 9.78. The van der Waals surface area contributed by atoms with E-state index in [-0.39, 0.29) is 28.2 Å². The van der Waals surface area contributed by atoms with E-state index < -0.39 is 112 Å². The minimum absolute atomic E-state index is 0.000493. The Morgan fingerprint density at radius 1 is 0.930 bits per heavy atom. The smallest absolute Gasteiger partial charge is 0.379 e. The van der Waals surface area contributed by atoms with Crippen molar-refractivity contribution in [2.45, 2.75) is 85.6 Å². The van der Waals surface area contributed by atoms with Gasteiger partial charge in [-0.25, -0.2) is 4.79 Å². The highest BCUT2D eigenvalue weighted by atomic mass is 16.7. The molecule has 3 N–H and O–H groups in total. The van der Waals surface area contributed by atoms with Crippen LogP contribution in [0.1, 0.15) is 95.7 Å². The maximum absolute atomic E-state index is 14.2. The van der Waals surface area contributed by atoms with Crippen LogP contribution in [0.4, 0.5) is 0 Å². The number of rotatable bonds is 4. The highest BCUT2D eigenvalue weighted by molar-refractivity contribution is 6.31. The van der Waals surface area contributed by atoms with E-state index in [0.717, 1.165) is 12.3 Å². The molecule has 4 heterocycles. The molecule has 9 atom stereocenters. The zero-order valence-electron chi connectivity index (χ0n) is 33.1. The molecule has 0 saturated carbocycles. The van der Waals surface area contributed by atoms with E-state index in [4.69, 9.17) is 28.1 Å². The van der Waals surface area contributed by atoms with Crippen LogP contribution in [0.25, 0.3) is 0 Å². The third-order valence-corrected chi connectivity index (χ3v) is 10.7. The number of allylic oxidation sites excluding steroid dienone is 4. The van der Waals surface area contributed by atoms with Gasteiger partial charge in [0.2, 0.25) is 11.5 Å². The molecule has 15 heteroatoms. The molecule has 0 spiro atoms. The summed E-state index contributed by atoms with van der Waals surface area (Å²) in [6.07, 6.45) is 5.33. The first kappa shape index (κ1) is 42.5. The molecule has 0 unspecified atom stereocenters. The fourth-order valence-corrected chi connectivity index (χ4v) is 7.27. The van der Waals surface area contributed by atoms with Gasteiger partial charge >= 0.3 is 17.7 Å². The van der Waals surface area contributed by atoms with Gasteiger partial charge in [-0.15, -0.1) is 0 Å². The Kier molecular flexibility index (Phi) is 12.6. The average molecular weight is 790 g/mol. The molecule has 304 valence electrons.